The number of pyridine rings is 1. The van der Waals surface area contributed by atoms with Crippen LogP contribution in [0, 0.1) is 6.92 Å². The predicted molar refractivity (Wildman–Crippen MR) is 99.4 cm³/mol. The van der Waals surface area contributed by atoms with Crippen LogP contribution in [0.5, 0.6) is 0 Å². The van der Waals surface area contributed by atoms with E-state index in [9.17, 15) is 4.79 Å². The van der Waals surface area contributed by atoms with E-state index in [4.69, 9.17) is 0 Å². The van der Waals surface area contributed by atoms with Crippen molar-refractivity contribution >= 4 is 16.8 Å². The monoisotopic (exact) mass is 350 g/mol. The fourth-order valence-electron chi connectivity index (χ4n) is 3.45. The molecule has 1 aliphatic rings. The minimum Gasteiger partial charge on any atom is -0.332 e. The Hall–Kier alpha value is -2.80. The summed E-state index contributed by atoms with van der Waals surface area (Å²) >= 11 is 0. The summed E-state index contributed by atoms with van der Waals surface area (Å²) in [4.78, 5) is 19.2. The number of fused-ring (bicyclic) bond motifs is 1. The van der Waals surface area contributed by atoms with E-state index in [0.717, 1.165) is 28.8 Å². The first-order valence-corrected chi connectivity index (χ1v) is 8.88. The number of hydrogen-bond donors (Lipinski definition) is 1. The summed E-state index contributed by atoms with van der Waals surface area (Å²) in [5, 5.41) is 12.8. The summed E-state index contributed by atoms with van der Waals surface area (Å²) in [6.07, 6.45) is 1.77. The molecule has 0 aliphatic carbocycles. The van der Waals surface area contributed by atoms with Crippen LogP contribution in [0.1, 0.15) is 30.0 Å². The molecule has 7 heteroatoms. The van der Waals surface area contributed by atoms with Crippen molar-refractivity contribution in [3.8, 4) is 5.69 Å². The van der Waals surface area contributed by atoms with Crippen LogP contribution in [0.2, 0.25) is 0 Å². The zero-order valence-corrected chi connectivity index (χ0v) is 15.2. The van der Waals surface area contributed by atoms with Crippen LogP contribution in [-0.2, 0) is 0 Å². The molecular weight excluding hydrogens is 328 g/mol. The Kier molecular flexibility index (Phi) is 4.16. The molecule has 1 aromatic carbocycles. The number of aromatic nitrogens is 4. The van der Waals surface area contributed by atoms with Gasteiger partial charge in [0.1, 0.15) is 0 Å². The number of amides is 1. The number of rotatable bonds is 2. The third-order valence-corrected chi connectivity index (χ3v) is 5.22. The minimum atomic E-state index is -0.0583. The van der Waals surface area contributed by atoms with E-state index in [0.29, 0.717) is 12.2 Å². The van der Waals surface area contributed by atoms with Crippen molar-refractivity contribution in [2.75, 3.05) is 13.1 Å². The zero-order chi connectivity index (χ0) is 18.3. The van der Waals surface area contributed by atoms with E-state index < -0.39 is 0 Å². The molecular formula is C19H22N6O. The first-order valence-electron chi connectivity index (χ1n) is 8.88. The van der Waals surface area contributed by atoms with Crippen LogP contribution < -0.4 is 5.32 Å². The summed E-state index contributed by atoms with van der Waals surface area (Å²) in [5.41, 5.74) is 2.96. The molecule has 1 aliphatic heterocycles. The topological polar surface area (TPSA) is 75.9 Å². The molecule has 0 radical (unpaired) electrons. The van der Waals surface area contributed by atoms with Gasteiger partial charge >= 0.3 is 0 Å². The molecule has 1 N–H and O–H groups in total. The van der Waals surface area contributed by atoms with Gasteiger partial charge in [-0.2, -0.15) is 0 Å². The van der Waals surface area contributed by atoms with Gasteiger partial charge in [-0.25, -0.2) is 4.68 Å². The predicted octanol–water partition coefficient (Wildman–Crippen LogP) is 1.95. The van der Waals surface area contributed by atoms with Crippen molar-refractivity contribution in [1.82, 2.24) is 30.2 Å². The lowest BCUT2D eigenvalue weighted by atomic mass is 10.1. The van der Waals surface area contributed by atoms with Gasteiger partial charge in [0.25, 0.3) is 5.91 Å². The molecule has 1 fully saturated rings. The lowest BCUT2D eigenvalue weighted by Crippen LogP contribution is -2.57. The first-order chi connectivity index (χ1) is 12.6. The van der Waals surface area contributed by atoms with Crippen LogP contribution in [-0.4, -0.2) is 56.0 Å². The van der Waals surface area contributed by atoms with Gasteiger partial charge in [0.15, 0.2) is 5.69 Å². The first kappa shape index (κ1) is 16.7. The van der Waals surface area contributed by atoms with Gasteiger partial charge in [0.2, 0.25) is 0 Å². The van der Waals surface area contributed by atoms with Crippen LogP contribution in [0.15, 0.2) is 36.5 Å². The SMILES string of the molecule is Cc1c(C(=O)N2CCNC(C)C2C)nnn1-c1ccc2ncccc2c1. The number of piperazine rings is 1. The van der Waals surface area contributed by atoms with Crippen molar-refractivity contribution in [2.45, 2.75) is 32.9 Å². The molecule has 7 nitrogen and oxygen atoms in total. The summed E-state index contributed by atoms with van der Waals surface area (Å²) in [7, 11) is 0. The smallest absolute Gasteiger partial charge is 0.276 e. The van der Waals surface area contributed by atoms with Gasteiger partial charge in [-0.05, 0) is 45.0 Å². The molecule has 2 unspecified atom stereocenters. The summed E-state index contributed by atoms with van der Waals surface area (Å²) in [6.45, 7) is 7.51. The quantitative estimate of drug-likeness (QED) is 0.764. The highest BCUT2D eigenvalue weighted by Crippen LogP contribution is 2.20. The molecule has 4 rings (SSSR count). The van der Waals surface area contributed by atoms with Gasteiger partial charge in [0.05, 0.1) is 16.9 Å². The van der Waals surface area contributed by atoms with Gasteiger partial charge < -0.3 is 10.2 Å². The molecule has 3 aromatic rings. The Morgan fingerprint density at radius 3 is 2.96 bits per heavy atom. The maximum absolute atomic E-state index is 13.0. The number of carbonyl (C=O) groups excluding carboxylic acids is 1. The van der Waals surface area contributed by atoms with Crippen molar-refractivity contribution in [3.63, 3.8) is 0 Å². The maximum atomic E-state index is 13.0. The number of carbonyl (C=O) groups is 1. The average Bonchev–Trinajstić information content (AvgIpc) is 3.04. The lowest BCUT2D eigenvalue weighted by Gasteiger charge is -2.38. The van der Waals surface area contributed by atoms with E-state index in [2.05, 4.69) is 34.5 Å². The van der Waals surface area contributed by atoms with Crippen LogP contribution in [0.3, 0.4) is 0 Å². The highest BCUT2D eigenvalue weighted by atomic mass is 16.2. The fraction of sp³-hybridized carbons (Fsp3) is 0.368. The van der Waals surface area contributed by atoms with Gasteiger partial charge in [-0.15, -0.1) is 5.10 Å². The van der Waals surface area contributed by atoms with Crippen molar-refractivity contribution in [3.05, 3.63) is 47.9 Å². The van der Waals surface area contributed by atoms with Gasteiger partial charge in [-0.3, -0.25) is 9.78 Å². The Bertz CT molecular complexity index is 966. The fourth-order valence-corrected chi connectivity index (χ4v) is 3.45. The maximum Gasteiger partial charge on any atom is 0.276 e. The molecule has 134 valence electrons. The summed E-state index contributed by atoms with van der Waals surface area (Å²) < 4.78 is 1.72. The van der Waals surface area contributed by atoms with Crippen molar-refractivity contribution in [2.24, 2.45) is 0 Å². The lowest BCUT2D eigenvalue weighted by molar-refractivity contribution is 0.0596. The van der Waals surface area contributed by atoms with E-state index in [-0.39, 0.29) is 18.0 Å². The van der Waals surface area contributed by atoms with Crippen molar-refractivity contribution in [1.29, 1.82) is 0 Å². The van der Waals surface area contributed by atoms with Crippen molar-refractivity contribution < 1.29 is 4.79 Å². The molecule has 26 heavy (non-hydrogen) atoms. The van der Waals surface area contributed by atoms with E-state index in [1.807, 2.05) is 42.2 Å². The number of nitrogens with one attached hydrogen (secondary N) is 1. The molecule has 2 atom stereocenters. The number of nitrogens with zero attached hydrogens (tertiary/aromatic N) is 5. The minimum absolute atomic E-state index is 0.0583. The molecule has 1 amide bonds. The molecule has 0 spiro atoms. The highest BCUT2D eigenvalue weighted by Gasteiger charge is 2.31. The Morgan fingerprint density at radius 2 is 2.12 bits per heavy atom. The third kappa shape index (κ3) is 2.74. The molecule has 0 bridgehead atoms. The van der Waals surface area contributed by atoms with Crippen LogP contribution in [0.4, 0.5) is 0 Å². The van der Waals surface area contributed by atoms with E-state index >= 15 is 0 Å². The molecule has 3 heterocycles. The van der Waals surface area contributed by atoms with Gasteiger partial charge in [-0.1, -0.05) is 11.3 Å². The Balaban J connectivity index is 1.68. The van der Waals surface area contributed by atoms with E-state index in [1.165, 1.54) is 0 Å². The Morgan fingerprint density at radius 1 is 1.27 bits per heavy atom. The molecule has 1 saturated heterocycles. The standard InChI is InChI=1S/C19H22N6O/c1-12-13(2)24(10-9-20-12)19(26)18-14(3)25(23-22-18)16-6-7-17-15(11-16)5-4-8-21-17/h4-8,11-13,20H,9-10H2,1-3H3. The molecule has 2 aromatic heterocycles. The highest BCUT2D eigenvalue weighted by molar-refractivity contribution is 5.93. The van der Waals surface area contributed by atoms with Crippen LogP contribution >= 0.6 is 0 Å². The summed E-state index contributed by atoms with van der Waals surface area (Å²) in [5.74, 6) is -0.0583. The summed E-state index contributed by atoms with van der Waals surface area (Å²) in [6, 6.07) is 10.2. The van der Waals surface area contributed by atoms with Gasteiger partial charge in [0, 0.05) is 36.8 Å². The zero-order valence-electron chi connectivity index (χ0n) is 15.2. The average molecular weight is 350 g/mol. The largest absolute Gasteiger partial charge is 0.332 e. The normalized spacial score (nSPS) is 20.5. The van der Waals surface area contributed by atoms with Crippen LogP contribution in [0.25, 0.3) is 16.6 Å². The number of hydrogen-bond acceptors (Lipinski definition) is 5. The second-order valence-corrected chi connectivity index (χ2v) is 6.80. The second-order valence-electron chi connectivity index (χ2n) is 6.80. The third-order valence-electron chi connectivity index (χ3n) is 5.22. The molecule has 0 saturated carbocycles. The van der Waals surface area contributed by atoms with E-state index in [1.54, 1.807) is 10.9 Å². The number of benzene rings is 1. The second kappa shape index (κ2) is 6.49. The Labute approximate surface area is 152 Å².